The Balaban J connectivity index is 1.87. The van der Waals surface area contributed by atoms with Crippen LogP contribution in [0.1, 0.15) is 30.4 Å². The maximum Gasteiger partial charge on any atom is 0.0404 e. The van der Waals surface area contributed by atoms with Gasteiger partial charge in [0, 0.05) is 18.3 Å². The smallest absolute Gasteiger partial charge is 0.0404 e. The molecule has 1 fully saturated rings. The van der Waals surface area contributed by atoms with Crippen LogP contribution in [0.4, 0.5) is 5.69 Å². The van der Waals surface area contributed by atoms with E-state index in [1.165, 1.54) is 49.0 Å². The van der Waals surface area contributed by atoms with Gasteiger partial charge in [0.2, 0.25) is 0 Å². The van der Waals surface area contributed by atoms with E-state index >= 15 is 0 Å². The number of nitrogens with zero attached hydrogens (tertiary/aromatic N) is 1. The summed E-state index contributed by atoms with van der Waals surface area (Å²) in [6.45, 7) is 1.98. The third kappa shape index (κ3) is 1.61. The number of rotatable bonds is 3. The molecule has 86 valence electrons. The van der Waals surface area contributed by atoms with E-state index in [9.17, 15) is 0 Å². The van der Waals surface area contributed by atoms with Crippen LogP contribution in [0.2, 0.25) is 0 Å². The fourth-order valence-corrected chi connectivity index (χ4v) is 2.85. The summed E-state index contributed by atoms with van der Waals surface area (Å²) >= 11 is 0. The van der Waals surface area contributed by atoms with Gasteiger partial charge >= 0.3 is 0 Å². The third-order valence-electron chi connectivity index (χ3n) is 4.03. The van der Waals surface area contributed by atoms with Crippen molar-refractivity contribution in [3.8, 4) is 0 Å². The minimum Gasteiger partial charge on any atom is -0.368 e. The topological polar surface area (TPSA) is 29.3 Å². The molecule has 0 radical (unpaired) electrons. The van der Waals surface area contributed by atoms with Gasteiger partial charge in [0.05, 0.1) is 0 Å². The van der Waals surface area contributed by atoms with Crippen LogP contribution in [-0.2, 0) is 12.8 Å². The van der Waals surface area contributed by atoms with Crippen LogP contribution in [0.25, 0.3) is 0 Å². The minimum atomic E-state index is 0.752. The van der Waals surface area contributed by atoms with Crippen LogP contribution in [0.5, 0.6) is 0 Å². The molecular formula is C14H20N2. The summed E-state index contributed by atoms with van der Waals surface area (Å²) in [4.78, 5) is 2.62. The Morgan fingerprint density at radius 1 is 1.31 bits per heavy atom. The Morgan fingerprint density at radius 2 is 2.19 bits per heavy atom. The van der Waals surface area contributed by atoms with E-state index in [0.717, 1.165) is 19.0 Å². The fourth-order valence-electron chi connectivity index (χ4n) is 2.85. The molecule has 0 atom stereocenters. The van der Waals surface area contributed by atoms with Gasteiger partial charge in [0.15, 0.2) is 0 Å². The van der Waals surface area contributed by atoms with Gasteiger partial charge in [-0.05, 0) is 55.8 Å². The van der Waals surface area contributed by atoms with Gasteiger partial charge in [-0.15, -0.1) is 0 Å². The van der Waals surface area contributed by atoms with Crippen molar-refractivity contribution in [2.75, 3.05) is 18.0 Å². The third-order valence-corrected chi connectivity index (χ3v) is 4.03. The lowest BCUT2D eigenvalue weighted by Crippen LogP contribution is -2.38. The van der Waals surface area contributed by atoms with Crippen molar-refractivity contribution in [3.63, 3.8) is 0 Å². The molecule has 2 aliphatic rings. The lowest BCUT2D eigenvalue weighted by atomic mass is 9.91. The number of hydrogen-bond acceptors (Lipinski definition) is 2. The quantitative estimate of drug-likeness (QED) is 0.838. The first-order valence-corrected chi connectivity index (χ1v) is 6.47. The second-order valence-electron chi connectivity index (χ2n) is 5.03. The van der Waals surface area contributed by atoms with Gasteiger partial charge in [-0.3, -0.25) is 0 Å². The van der Waals surface area contributed by atoms with Crippen molar-refractivity contribution in [1.82, 2.24) is 0 Å². The van der Waals surface area contributed by atoms with Crippen molar-refractivity contribution in [2.45, 2.75) is 38.1 Å². The van der Waals surface area contributed by atoms with Crippen LogP contribution in [0.15, 0.2) is 18.2 Å². The molecule has 0 amide bonds. The summed E-state index contributed by atoms with van der Waals surface area (Å²) in [5.41, 5.74) is 10.1. The zero-order valence-electron chi connectivity index (χ0n) is 9.78. The number of benzene rings is 1. The van der Waals surface area contributed by atoms with Crippen LogP contribution in [0.3, 0.4) is 0 Å². The Hall–Kier alpha value is -1.02. The van der Waals surface area contributed by atoms with Gasteiger partial charge in [0.25, 0.3) is 0 Å². The molecule has 1 aliphatic carbocycles. The second kappa shape index (κ2) is 4.10. The van der Waals surface area contributed by atoms with Crippen molar-refractivity contribution >= 4 is 5.69 Å². The molecule has 2 N–H and O–H groups in total. The highest BCUT2D eigenvalue weighted by molar-refractivity contribution is 5.60. The Bertz CT molecular complexity index is 382. The molecule has 1 aromatic carbocycles. The van der Waals surface area contributed by atoms with E-state index < -0.39 is 0 Å². The molecule has 0 aromatic heterocycles. The van der Waals surface area contributed by atoms with Crippen LogP contribution in [-0.4, -0.2) is 19.1 Å². The number of anilines is 1. The van der Waals surface area contributed by atoms with E-state index in [0.29, 0.717) is 0 Å². The van der Waals surface area contributed by atoms with E-state index in [2.05, 4.69) is 23.1 Å². The highest BCUT2D eigenvalue weighted by atomic mass is 15.2. The summed E-state index contributed by atoms with van der Waals surface area (Å²) in [5, 5.41) is 0. The maximum atomic E-state index is 5.62. The van der Waals surface area contributed by atoms with E-state index in [-0.39, 0.29) is 0 Å². The largest absolute Gasteiger partial charge is 0.368 e. The van der Waals surface area contributed by atoms with Gasteiger partial charge < -0.3 is 10.6 Å². The Labute approximate surface area is 97.4 Å². The average molecular weight is 216 g/mol. The summed E-state index contributed by atoms with van der Waals surface area (Å²) in [5.74, 6) is 0. The first kappa shape index (κ1) is 10.2. The second-order valence-corrected chi connectivity index (χ2v) is 5.03. The minimum absolute atomic E-state index is 0.752. The molecule has 1 aromatic rings. The van der Waals surface area contributed by atoms with Gasteiger partial charge in [0.1, 0.15) is 0 Å². The standard InChI is InChI=1S/C14H20N2/c15-8-6-11-4-5-12-7-9-16(14(12)10-11)13-2-1-3-13/h4-5,10,13H,1-3,6-9,15H2. The van der Waals surface area contributed by atoms with Crippen molar-refractivity contribution in [3.05, 3.63) is 29.3 Å². The van der Waals surface area contributed by atoms with Gasteiger partial charge in [-0.1, -0.05) is 12.1 Å². The fraction of sp³-hybridized carbons (Fsp3) is 0.571. The predicted molar refractivity (Wildman–Crippen MR) is 67.9 cm³/mol. The summed E-state index contributed by atoms with van der Waals surface area (Å²) in [6, 6.07) is 7.75. The van der Waals surface area contributed by atoms with E-state index in [4.69, 9.17) is 5.73 Å². The first-order chi connectivity index (χ1) is 7.88. The molecule has 1 aliphatic heterocycles. The van der Waals surface area contributed by atoms with Crippen molar-refractivity contribution in [2.24, 2.45) is 5.73 Å². The predicted octanol–water partition coefficient (Wildman–Crippen LogP) is 2.10. The highest BCUT2D eigenvalue weighted by Gasteiger charge is 2.29. The average Bonchev–Trinajstić information content (AvgIpc) is 2.60. The molecule has 1 heterocycles. The lowest BCUT2D eigenvalue weighted by Gasteiger charge is -2.36. The molecule has 2 nitrogen and oxygen atoms in total. The molecule has 0 saturated heterocycles. The van der Waals surface area contributed by atoms with Crippen LogP contribution < -0.4 is 10.6 Å². The van der Waals surface area contributed by atoms with E-state index in [1.807, 2.05) is 0 Å². The zero-order chi connectivity index (χ0) is 11.0. The molecule has 0 bridgehead atoms. The SMILES string of the molecule is NCCc1ccc2c(c1)N(C1CCC1)CC2. The monoisotopic (exact) mass is 216 g/mol. The van der Waals surface area contributed by atoms with Crippen molar-refractivity contribution < 1.29 is 0 Å². The van der Waals surface area contributed by atoms with Crippen LogP contribution in [0, 0.1) is 0 Å². The number of fused-ring (bicyclic) bond motifs is 1. The Kier molecular flexibility index (Phi) is 2.60. The molecule has 0 unspecified atom stereocenters. The lowest BCUT2D eigenvalue weighted by molar-refractivity contribution is 0.392. The van der Waals surface area contributed by atoms with Crippen molar-refractivity contribution in [1.29, 1.82) is 0 Å². The molecule has 16 heavy (non-hydrogen) atoms. The van der Waals surface area contributed by atoms with Gasteiger partial charge in [-0.2, -0.15) is 0 Å². The van der Waals surface area contributed by atoms with Gasteiger partial charge in [-0.25, -0.2) is 0 Å². The molecule has 1 saturated carbocycles. The molecule has 2 heteroatoms. The van der Waals surface area contributed by atoms with E-state index in [1.54, 1.807) is 0 Å². The summed E-state index contributed by atoms with van der Waals surface area (Å²) in [7, 11) is 0. The summed E-state index contributed by atoms with van der Waals surface area (Å²) in [6.07, 6.45) is 6.43. The molecular weight excluding hydrogens is 196 g/mol. The normalized spacial score (nSPS) is 19.7. The summed E-state index contributed by atoms with van der Waals surface area (Å²) < 4.78 is 0. The van der Waals surface area contributed by atoms with Crippen LogP contribution >= 0.6 is 0 Å². The zero-order valence-corrected chi connectivity index (χ0v) is 9.78. The highest BCUT2D eigenvalue weighted by Crippen LogP contribution is 2.36. The molecule has 3 rings (SSSR count). The first-order valence-electron chi connectivity index (χ1n) is 6.47. The molecule has 0 spiro atoms. The maximum absolute atomic E-state index is 5.62. The number of hydrogen-bond donors (Lipinski definition) is 1. The Morgan fingerprint density at radius 3 is 2.88 bits per heavy atom. The number of nitrogens with two attached hydrogens (primary N) is 1.